The van der Waals surface area contributed by atoms with Gasteiger partial charge >= 0.3 is 0 Å². The monoisotopic (exact) mass is 416 g/mol. The molecule has 146 valence electrons. The van der Waals surface area contributed by atoms with Crippen molar-refractivity contribution in [2.75, 3.05) is 13.2 Å². The minimum Gasteiger partial charge on any atom is -0.489 e. The van der Waals surface area contributed by atoms with E-state index in [2.05, 4.69) is 29.3 Å². The van der Waals surface area contributed by atoms with E-state index in [0.29, 0.717) is 58.9 Å². The highest BCUT2D eigenvalue weighted by atomic mass is 35.5. The maximum absolute atomic E-state index is 6.36. The van der Waals surface area contributed by atoms with Crippen molar-refractivity contribution in [1.29, 1.82) is 0 Å². The fraction of sp³-hybridized carbons (Fsp3) is 0.333. The summed E-state index contributed by atoms with van der Waals surface area (Å²) in [6.07, 6.45) is 1.56. The summed E-state index contributed by atoms with van der Waals surface area (Å²) in [5.74, 6) is 2.95. The van der Waals surface area contributed by atoms with Crippen LogP contribution in [0.2, 0.25) is 5.02 Å². The number of thioether (sulfide) groups is 1. The van der Waals surface area contributed by atoms with Gasteiger partial charge in [0.15, 0.2) is 11.5 Å². The Bertz CT molecular complexity index is 933. The second kappa shape index (κ2) is 8.88. The fourth-order valence-corrected chi connectivity index (χ4v) is 4.05. The van der Waals surface area contributed by atoms with E-state index in [9.17, 15) is 0 Å². The first-order valence-electron chi connectivity index (χ1n) is 9.27. The molecule has 0 amide bonds. The standard InChI is InChI=1S/C21H21ClN2O3S/c1-14(16-6-3-2-4-7-16)10-19-23-24-21(27-19)28-13-15-11-17(22)20-18(12-15)25-8-5-9-26-20/h2-4,6-7,11-12,14H,5,8-10,13H2,1H3. The van der Waals surface area contributed by atoms with Gasteiger partial charge in [0.05, 0.1) is 18.2 Å². The van der Waals surface area contributed by atoms with Gasteiger partial charge in [0.2, 0.25) is 5.89 Å². The average molecular weight is 417 g/mol. The van der Waals surface area contributed by atoms with Gasteiger partial charge in [0.1, 0.15) is 0 Å². The van der Waals surface area contributed by atoms with Gasteiger partial charge in [0, 0.05) is 18.6 Å². The SMILES string of the molecule is CC(Cc1nnc(SCc2cc(Cl)c3c(c2)OCCCO3)o1)c1ccccc1. The summed E-state index contributed by atoms with van der Waals surface area (Å²) >= 11 is 7.84. The van der Waals surface area contributed by atoms with Gasteiger partial charge in [-0.15, -0.1) is 10.2 Å². The summed E-state index contributed by atoms with van der Waals surface area (Å²) < 4.78 is 17.2. The maximum atomic E-state index is 6.36. The summed E-state index contributed by atoms with van der Waals surface area (Å²) in [5, 5.41) is 9.47. The van der Waals surface area contributed by atoms with E-state index >= 15 is 0 Å². The van der Waals surface area contributed by atoms with Crippen molar-refractivity contribution >= 4 is 23.4 Å². The molecule has 0 fully saturated rings. The lowest BCUT2D eigenvalue weighted by molar-refractivity contribution is 0.297. The van der Waals surface area contributed by atoms with Crippen molar-refractivity contribution in [3.63, 3.8) is 0 Å². The molecule has 4 rings (SSSR count). The third-order valence-corrected chi connectivity index (χ3v) is 5.69. The minimum atomic E-state index is 0.319. The molecule has 0 spiro atoms. The van der Waals surface area contributed by atoms with E-state index < -0.39 is 0 Å². The van der Waals surface area contributed by atoms with E-state index in [0.717, 1.165) is 12.0 Å². The minimum absolute atomic E-state index is 0.319. The number of nitrogens with zero attached hydrogens (tertiary/aromatic N) is 2. The van der Waals surface area contributed by atoms with E-state index in [1.807, 2.05) is 30.3 Å². The zero-order valence-electron chi connectivity index (χ0n) is 15.6. The van der Waals surface area contributed by atoms with Crippen LogP contribution in [-0.2, 0) is 12.2 Å². The Morgan fingerprint density at radius 3 is 2.79 bits per heavy atom. The quantitative estimate of drug-likeness (QED) is 0.493. The number of ether oxygens (including phenoxy) is 2. The predicted octanol–water partition coefficient (Wildman–Crippen LogP) is 5.52. The van der Waals surface area contributed by atoms with Crippen LogP contribution in [0.15, 0.2) is 52.1 Å². The topological polar surface area (TPSA) is 57.4 Å². The summed E-state index contributed by atoms with van der Waals surface area (Å²) in [4.78, 5) is 0. The zero-order valence-corrected chi connectivity index (χ0v) is 17.1. The van der Waals surface area contributed by atoms with Crippen LogP contribution < -0.4 is 9.47 Å². The Kier molecular flexibility index (Phi) is 6.07. The van der Waals surface area contributed by atoms with Crippen LogP contribution in [0.5, 0.6) is 11.5 Å². The highest BCUT2D eigenvalue weighted by molar-refractivity contribution is 7.98. The van der Waals surface area contributed by atoms with Crippen LogP contribution in [0.4, 0.5) is 0 Å². The molecule has 1 aliphatic rings. The smallest absolute Gasteiger partial charge is 0.276 e. The molecule has 2 aromatic carbocycles. The predicted molar refractivity (Wildman–Crippen MR) is 109 cm³/mol. The average Bonchev–Trinajstić information content (AvgIpc) is 3.01. The summed E-state index contributed by atoms with van der Waals surface area (Å²) in [6.45, 7) is 3.41. The van der Waals surface area contributed by atoms with Crippen molar-refractivity contribution in [3.05, 3.63) is 64.5 Å². The third-order valence-electron chi connectivity index (χ3n) is 4.52. The Balaban J connectivity index is 1.38. The number of hydrogen-bond donors (Lipinski definition) is 0. The Morgan fingerprint density at radius 1 is 1.11 bits per heavy atom. The zero-order chi connectivity index (χ0) is 19.3. The number of fused-ring (bicyclic) bond motifs is 1. The van der Waals surface area contributed by atoms with E-state index in [-0.39, 0.29) is 0 Å². The molecule has 0 radical (unpaired) electrons. The van der Waals surface area contributed by atoms with Crippen LogP contribution >= 0.6 is 23.4 Å². The largest absolute Gasteiger partial charge is 0.489 e. The van der Waals surface area contributed by atoms with Gasteiger partial charge in [-0.2, -0.15) is 0 Å². The van der Waals surface area contributed by atoms with Gasteiger partial charge < -0.3 is 13.9 Å². The first-order valence-corrected chi connectivity index (χ1v) is 10.6. The van der Waals surface area contributed by atoms with Crippen LogP contribution in [0.25, 0.3) is 0 Å². The second-order valence-electron chi connectivity index (χ2n) is 6.72. The lowest BCUT2D eigenvalue weighted by atomic mass is 9.98. The molecule has 28 heavy (non-hydrogen) atoms. The number of halogens is 1. The molecule has 1 unspecified atom stereocenters. The molecule has 5 nitrogen and oxygen atoms in total. The second-order valence-corrected chi connectivity index (χ2v) is 8.06. The number of hydrogen-bond acceptors (Lipinski definition) is 6. The summed E-state index contributed by atoms with van der Waals surface area (Å²) in [5.41, 5.74) is 2.29. The molecule has 0 bridgehead atoms. The molecule has 1 atom stereocenters. The van der Waals surface area contributed by atoms with Gasteiger partial charge in [-0.1, -0.05) is 60.6 Å². The summed E-state index contributed by atoms with van der Waals surface area (Å²) in [7, 11) is 0. The highest BCUT2D eigenvalue weighted by Crippen LogP contribution is 2.39. The van der Waals surface area contributed by atoms with Crippen molar-refractivity contribution in [3.8, 4) is 11.5 Å². The molecule has 0 aliphatic carbocycles. The van der Waals surface area contributed by atoms with Crippen molar-refractivity contribution in [2.45, 2.75) is 36.7 Å². The van der Waals surface area contributed by atoms with E-state index in [1.54, 1.807) is 0 Å². The van der Waals surface area contributed by atoms with Crippen molar-refractivity contribution in [1.82, 2.24) is 10.2 Å². The van der Waals surface area contributed by atoms with Crippen molar-refractivity contribution in [2.24, 2.45) is 0 Å². The Labute approximate surface area is 173 Å². The van der Waals surface area contributed by atoms with Crippen LogP contribution in [-0.4, -0.2) is 23.4 Å². The first kappa shape index (κ1) is 19.2. The fourth-order valence-electron chi connectivity index (χ4n) is 3.05. The molecule has 0 saturated heterocycles. The first-order chi connectivity index (χ1) is 13.7. The highest BCUT2D eigenvalue weighted by Gasteiger charge is 2.17. The Morgan fingerprint density at radius 2 is 1.93 bits per heavy atom. The van der Waals surface area contributed by atoms with Crippen LogP contribution in [0.3, 0.4) is 0 Å². The number of benzene rings is 2. The van der Waals surface area contributed by atoms with Gasteiger partial charge in [-0.3, -0.25) is 0 Å². The molecule has 0 saturated carbocycles. The molecular formula is C21H21ClN2O3S. The molecular weight excluding hydrogens is 396 g/mol. The lowest BCUT2D eigenvalue weighted by Gasteiger charge is -2.11. The molecule has 0 N–H and O–H groups in total. The third kappa shape index (κ3) is 4.62. The molecule has 1 aromatic heterocycles. The van der Waals surface area contributed by atoms with Crippen LogP contribution in [0, 0.1) is 0 Å². The van der Waals surface area contributed by atoms with Gasteiger partial charge in [-0.25, -0.2) is 0 Å². The number of aromatic nitrogens is 2. The van der Waals surface area contributed by atoms with Gasteiger partial charge in [-0.05, 0) is 29.2 Å². The van der Waals surface area contributed by atoms with E-state index in [1.165, 1.54) is 17.3 Å². The lowest BCUT2D eigenvalue weighted by Crippen LogP contribution is -1.98. The molecule has 1 aliphatic heterocycles. The number of rotatable bonds is 6. The molecule has 3 aromatic rings. The normalized spacial score (nSPS) is 14.5. The summed E-state index contributed by atoms with van der Waals surface area (Å²) in [6, 6.07) is 14.2. The maximum Gasteiger partial charge on any atom is 0.276 e. The molecule has 7 heteroatoms. The molecule has 2 heterocycles. The van der Waals surface area contributed by atoms with Crippen molar-refractivity contribution < 1.29 is 13.9 Å². The van der Waals surface area contributed by atoms with E-state index in [4.69, 9.17) is 25.5 Å². The van der Waals surface area contributed by atoms with Crippen LogP contribution in [0.1, 0.15) is 36.3 Å². The van der Waals surface area contributed by atoms with Gasteiger partial charge in [0.25, 0.3) is 5.22 Å². The Hall–Kier alpha value is -2.18.